The molecular formula is C13H14ClN5O. The molecule has 104 valence electrons. The first-order valence-corrected chi connectivity index (χ1v) is 6.40. The Balaban J connectivity index is 2.39. The summed E-state index contributed by atoms with van der Waals surface area (Å²) in [7, 11) is 0. The molecule has 0 aliphatic rings. The van der Waals surface area contributed by atoms with Gasteiger partial charge in [-0.25, -0.2) is 10.8 Å². The van der Waals surface area contributed by atoms with Crippen molar-refractivity contribution in [1.82, 2.24) is 9.97 Å². The number of carbonyl (C=O) groups is 1. The number of hydrogen-bond donors (Lipinski definition) is 2. The molecule has 0 aliphatic carbocycles. The van der Waals surface area contributed by atoms with Crippen molar-refractivity contribution in [3.8, 4) is 0 Å². The summed E-state index contributed by atoms with van der Waals surface area (Å²) in [5.41, 5.74) is 3.28. The number of nitrogens with one attached hydrogen (secondary N) is 1. The van der Waals surface area contributed by atoms with Gasteiger partial charge < -0.3 is 10.3 Å². The topological polar surface area (TPSA) is 84.1 Å². The van der Waals surface area contributed by atoms with Crippen LogP contribution in [0.15, 0.2) is 36.7 Å². The average Bonchev–Trinajstić information content (AvgIpc) is 2.49. The Morgan fingerprint density at radius 3 is 2.65 bits per heavy atom. The number of hydrazine groups is 1. The number of carbonyl (C=O) groups excluding carboxylic acids is 1. The third kappa shape index (κ3) is 2.87. The standard InChI is InChI=1S/C13H14ClN5O/c1-2-19(9-5-7-16-8-6-9)13(20)12-10(14)3-4-11(17-12)18-15/h3-8H,2,15H2,1H3,(H,17,18). The number of nitrogens with two attached hydrogens (primary N) is 1. The van der Waals surface area contributed by atoms with Crippen LogP contribution in [0.5, 0.6) is 0 Å². The fourth-order valence-electron chi connectivity index (χ4n) is 1.77. The van der Waals surface area contributed by atoms with Crippen LogP contribution < -0.4 is 16.2 Å². The molecule has 2 heterocycles. The monoisotopic (exact) mass is 291 g/mol. The van der Waals surface area contributed by atoms with E-state index in [-0.39, 0.29) is 16.6 Å². The maximum Gasteiger partial charge on any atom is 0.278 e. The van der Waals surface area contributed by atoms with Crippen LogP contribution >= 0.6 is 11.6 Å². The Bertz CT molecular complexity index is 605. The molecule has 7 heteroatoms. The van der Waals surface area contributed by atoms with Gasteiger partial charge in [0.1, 0.15) is 11.5 Å². The number of pyridine rings is 2. The van der Waals surface area contributed by atoms with Crippen molar-refractivity contribution in [1.29, 1.82) is 0 Å². The molecule has 2 aromatic rings. The van der Waals surface area contributed by atoms with Crippen LogP contribution in [0.3, 0.4) is 0 Å². The highest BCUT2D eigenvalue weighted by atomic mass is 35.5. The molecular weight excluding hydrogens is 278 g/mol. The van der Waals surface area contributed by atoms with E-state index < -0.39 is 0 Å². The van der Waals surface area contributed by atoms with Crippen molar-refractivity contribution in [3.63, 3.8) is 0 Å². The fraction of sp³-hybridized carbons (Fsp3) is 0.154. The highest BCUT2D eigenvalue weighted by Gasteiger charge is 2.20. The van der Waals surface area contributed by atoms with Crippen molar-refractivity contribution in [2.24, 2.45) is 5.84 Å². The summed E-state index contributed by atoms with van der Waals surface area (Å²) in [6.07, 6.45) is 3.25. The zero-order valence-corrected chi connectivity index (χ0v) is 11.6. The number of amides is 1. The fourth-order valence-corrected chi connectivity index (χ4v) is 1.95. The number of anilines is 2. The van der Waals surface area contributed by atoms with Gasteiger partial charge in [0, 0.05) is 24.6 Å². The largest absolute Gasteiger partial charge is 0.308 e. The van der Waals surface area contributed by atoms with E-state index >= 15 is 0 Å². The summed E-state index contributed by atoms with van der Waals surface area (Å²) < 4.78 is 0. The third-order valence-electron chi connectivity index (χ3n) is 2.73. The summed E-state index contributed by atoms with van der Waals surface area (Å²) in [5.74, 6) is 5.39. The highest BCUT2D eigenvalue weighted by Crippen LogP contribution is 2.21. The predicted molar refractivity (Wildman–Crippen MR) is 78.6 cm³/mol. The second-order valence-electron chi connectivity index (χ2n) is 3.93. The number of halogens is 1. The van der Waals surface area contributed by atoms with E-state index in [1.54, 1.807) is 41.6 Å². The van der Waals surface area contributed by atoms with E-state index in [1.807, 2.05) is 6.92 Å². The van der Waals surface area contributed by atoms with Gasteiger partial charge in [-0.2, -0.15) is 0 Å². The summed E-state index contributed by atoms with van der Waals surface area (Å²) in [5, 5.41) is 0.279. The van der Waals surface area contributed by atoms with E-state index in [0.29, 0.717) is 12.4 Å². The summed E-state index contributed by atoms with van der Waals surface area (Å²) in [6.45, 7) is 2.36. The molecule has 2 rings (SSSR count). The van der Waals surface area contributed by atoms with Gasteiger partial charge in [0.05, 0.1) is 5.02 Å². The first kappa shape index (κ1) is 14.2. The lowest BCUT2D eigenvalue weighted by Crippen LogP contribution is -2.31. The molecule has 0 aliphatic heterocycles. The van der Waals surface area contributed by atoms with Gasteiger partial charge >= 0.3 is 0 Å². The maximum atomic E-state index is 12.6. The van der Waals surface area contributed by atoms with Crippen LogP contribution in [-0.2, 0) is 0 Å². The normalized spacial score (nSPS) is 10.2. The number of hydrogen-bond acceptors (Lipinski definition) is 5. The van der Waals surface area contributed by atoms with Crippen LogP contribution in [0.25, 0.3) is 0 Å². The lowest BCUT2D eigenvalue weighted by Gasteiger charge is -2.21. The van der Waals surface area contributed by atoms with E-state index in [1.165, 1.54) is 0 Å². The number of nitrogen functional groups attached to an aromatic ring is 1. The molecule has 0 saturated heterocycles. The third-order valence-corrected chi connectivity index (χ3v) is 3.04. The lowest BCUT2D eigenvalue weighted by molar-refractivity contribution is 0.0984. The van der Waals surface area contributed by atoms with Crippen LogP contribution in [0.4, 0.5) is 11.5 Å². The van der Waals surface area contributed by atoms with E-state index in [4.69, 9.17) is 17.4 Å². The lowest BCUT2D eigenvalue weighted by atomic mass is 10.2. The quantitative estimate of drug-likeness (QED) is 0.665. The van der Waals surface area contributed by atoms with Crippen molar-refractivity contribution >= 4 is 29.0 Å². The van der Waals surface area contributed by atoms with Gasteiger partial charge in [-0.15, -0.1) is 0 Å². The molecule has 0 spiro atoms. The zero-order chi connectivity index (χ0) is 14.5. The van der Waals surface area contributed by atoms with Gasteiger partial charge in [-0.1, -0.05) is 11.6 Å². The molecule has 0 unspecified atom stereocenters. The van der Waals surface area contributed by atoms with Gasteiger partial charge in [0.15, 0.2) is 0 Å². The minimum atomic E-state index is -0.291. The molecule has 0 radical (unpaired) electrons. The minimum absolute atomic E-state index is 0.153. The van der Waals surface area contributed by atoms with Crippen LogP contribution in [0.1, 0.15) is 17.4 Å². The van der Waals surface area contributed by atoms with Crippen LogP contribution in [-0.4, -0.2) is 22.4 Å². The van der Waals surface area contributed by atoms with Gasteiger partial charge in [-0.05, 0) is 31.2 Å². The summed E-state index contributed by atoms with van der Waals surface area (Å²) >= 11 is 6.05. The second-order valence-corrected chi connectivity index (χ2v) is 4.33. The zero-order valence-electron chi connectivity index (χ0n) is 10.9. The number of nitrogens with zero attached hydrogens (tertiary/aromatic N) is 3. The molecule has 3 N–H and O–H groups in total. The first-order chi connectivity index (χ1) is 9.67. The summed E-state index contributed by atoms with van der Waals surface area (Å²) in [6, 6.07) is 6.68. The van der Waals surface area contributed by atoms with E-state index in [9.17, 15) is 4.79 Å². The molecule has 0 saturated carbocycles. The molecule has 0 atom stereocenters. The Morgan fingerprint density at radius 2 is 2.05 bits per heavy atom. The van der Waals surface area contributed by atoms with E-state index in [2.05, 4.69) is 15.4 Å². The molecule has 1 amide bonds. The maximum absolute atomic E-state index is 12.6. The van der Waals surface area contributed by atoms with Gasteiger partial charge in [-0.3, -0.25) is 9.78 Å². The van der Waals surface area contributed by atoms with Crippen molar-refractivity contribution in [2.45, 2.75) is 6.92 Å². The minimum Gasteiger partial charge on any atom is -0.308 e. The SMILES string of the molecule is CCN(C(=O)c1nc(NN)ccc1Cl)c1ccncc1. The molecule has 0 fully saturated rings. The number of rotatable bonds is 4. The molecule has 0 aromatic carbocycles. The molecule has 0 bridgehead atoms. The second kappa shape index (κ2) is 6.31. The van der Waals surface area contributed by atoms with Crippen LogP contribution in [0, 0.1) is 0 Å². The predicted octanol–water partition coefficient (Wildman–Crippen LogP) is 2.08. The highest BCUT2D eigenvalue weighted by molar-refractivity contribution is 6.34. The van der Waals surface area contributed by atoms with Crippen LogP contribution in [0.2, 0.25) is 5.02 Å². The molecule has 6 nitrogen and oxygen atoms in total. The van der Waals surface area contributed by atoms with Crippen molar-refractivity contribution in [3.05, 3.63) is 47.4 Å². The smallest absolute Gasteiger partial charge is 0.278 e. The first-order valence-electron chi connectivity index (χ1n) is 6.02. The Morgan fingerprint density at radius 1 is 1.35 bits per heavy atom. The van der Waals surface area contributed by atoms with Gasteiger partial charge in [0.25, 0.3) is 5.91 Å². The average molecular weight is 292 g/mol. The van der Waals surface area contributed by atoms with Crippen molar-refractivity contribution in [2.75, 3.05) is 16.9 Å². The number of aromatic nitrogens is 2. The van der Waals surface area contributed by atoms with E-state index in [0.717, 1.165) is 5.69 Å². The molecule has 2 aromatic heterocycles. The van der Waals surface area contributed by atoms with Crippen molar-refractivity contribution < 1.29 is 4.79 Å². The summed E-state index contributed by atoms with van der Waals surface area (Å²) in [4.78, 5) is 22.2. The Kier molecular flexibility index (Phi) is 4.49. The Labute approximate surface area is 121 Å². The molecule has 20 heavy (non-hydrogen) atoms. The van der Waals surface area contributed by atoms with Gasteiger partial charge in [0.2, 0.25) is 0 Å². The Hall–Kier alpha value is -2.18.